The molecule has 68 valence electrons. The van der Waals surface area contributed by atoms with Crippen LogP contribution in [0.15, 0.2) is 18.2 Å². The highest BCUT2D eigenvalue weighted by molar-refractivity contribution is 7.79. The monoisotopic (exact) mass is 193 g/mol. The Balaban J connectivity index is 2.46. The lowest BCUT2D eigenvalue weighted by molar-refractivity contribution is -0.117. The minimum absolute atomic E-state index is 0.173. The molecule has 1 aromatic carbocycles. The normalized spacial score (nSPS) is 14.9. The lowest BCUT2D eigenvalue weighted by Gasteiger charge is -2.09. The van der Waals surface area contributed by atoms with E-state index in [0.717, 1.165) is 17.0 Å². The van der Waals surface area contributed by atoms with Gasteiger partial charge in [-0.05, 0) is 17.2 Å². The van der Waals surface area contributed by atoms with Crippen molar-refractivity contribution in [2.75, 3.05) is 11.9 Å². The number of amides is 1. The number of benzene rings is 1. The molecule has 2 nitrogen and oxygen atoms in total. The second kappa shape index (κ2) is 3.07. The second-order valence-electron chi connectivity index (χ2n) is 3.25. The third kappa shape index (κ3) is 1.33. The Morgan fingerprint density at radius 2 is 2.31 bits per heavy atom. The fourth-order valence-corrected chi connectivity index (χ4v) is 1.82. The van der Waals surface area contributed by atoms with Crippen LogP contribution in [-0.4, -0.2) is 13.0 Å². The zero-order chi connectivity index (χ0) is 9.42. The summed E-state index contributed by atoms with van der Waals surface area (Å²) in [5.41, 5.74) is 3.33. The van der Waals surface area contributed by atoms with Gasteiger partial charge in [0.05, 0.1) is 6.42 Å². The van der Waals surface area contributed by atoms with Crippen molar-refractivity contribution in [3.63, 3.8) is 0 Å². The van der Waals surface area contributed by atoms with Crippen LogP contribution in [-0.2, 0) is 17.0 Å². The number of rotatable bonds is 1. The molecule has 1 aliphatic rings. The van der Waals surface area contributed by atoms with Gasteiger partial charge in [0.15, 0.2) is 0 Å². The van der Waals surface area contributed by atoms with Gasteiger partial charge in [0, 0.05) is 18.5 Å². The molecule has 13 heavy (non-hydrogen) atoms. The molecule has 0 saturated heterocycles. The van der Waals surface area contributed by atoms with Crippen molar-refractivity contribution in [3.8, 4) is 0 Å². The molecule has 0 atom stereocenters. The quantitative estimate of drug-likeness (QED) is 0.672. The van der Waals surface area contributed by atoms with Gasteiger partial charge >= 0.3 is 0 Å². The zero-order valence-corrected chi connectivity index (χ0v) is 8.34. The molecule has 0 aromatic heterocycles. The Morgan fingerprint density at radius 3 is 3.00 bits per heavy atom. The van der Waals surface area contributed by atoms with Crippen LogP contribution < -0.4 is 4.90 Å². The van der Waals surface area contributed by atoms with Gasteiger partial charge in [0.25, 0.3) is 0 Å². The van der Waals surface area contributed by atoms with Gasteiger partial charge in [-0.1, -0.05) is 12.1 Å². The molecule has 0 unspecified atom stereocenters. The van der Waals surface area contributed by atoms with Crippen LogP contribution in [0, 0.1) is 0 Å². The standard InChI is InChI=1S/C10H11NOS/c1-11-9-3-2-7(6-13)4-8(9)5-10(11)12/h2-4,13H,5-6H2,1H3. The van der Waals surface area contributed by atoms with Gasteiger partial charge in [-0.2, -0.15) is 12.6 Å². The largest absolute Gasteiger partial charge is 0.315 e. The lowest BCUT2D eigenvalue weighted by atomic mass is 10.1. The third-order valence-electron chi connectivity index (χ3n) is 2.40. The number of hydrogen-bond acceptors (Lipinski definition) is 2. The van der Waals surface area contributed by atoms with Crippen LogP contribution in [0.5, 0.6) is 0 Å². The van der Waals surface area contributed by atoms with E-state index in [0.29, 0.717) is 6.42 Å². The number of hydrogen-bond donors (Lipinski definition) is 1. The Hall–Kier alpha value is -0.960. The molecule has 0 bridgehead atoms. The summed E-state index contributed by atoms with van der Waals surface area (Å²) in [6, 6.07) is 6.07. The zero-order valence-electron chi connectivity index (χ0n) is 7.45. The number of fused-ring (bicyclic) bond motifs is 1. The summed E-state index contributed by atoms with van der Waals surface area (Å²) >= 11 is 4.20. The molecule has 0 fully saturated rings. The SMILES string of the molecule is CN1C(=O)Cc2cc(CS)ccc21. The van der Waals surface area contributed by atoms with Crippen molar-refractivity contribution >= 4 is 24.2 Å². The lowest BCUT2D eigenvalue weighted by Crippen LogP contribution is -2.20. The second-order valence-corrected chi connectivity index (χ2v) is 3.57. The summed E-state index contributed by atoms with van der Waals surface area (Å²) < 4.78 is 0. The Morgan fingerprint density at radius 1 is 1.54 bits per heavy atom. The van der Waals surface area contributed by atoms with Gasteiger partial charge in [0.1, 0.15) is 0 Å². The maximum atomic E-state index is 11.3. The van der Waals surface area contributed by atoms with Gasteiger partial charge < -0.3 is 4.90 Å². The molecule has 3 heteroatoms. The van der Waals surface area contributed by atoms with E-state index in [9.17, 15) is 4.79 Å². The molecule has 0 N–H and O–H groups in total. The summed E-state index contributed by atoms with van der Waals surface area (Å²) in [4.78, 5) is 13.0. The van der Waals surface area contributed by atoms with E-state index >= 15 is 0 Å². The minimum Gasteiger partial charge on any atom is -0.315 e. The van der Waals surface area contributed by atoms with Crippen molar-refractivity contribution in [3.05, 3.63) is 29.3 Å². The van der Waals surface area contributed by atoms with E-state index in [1.807, 2.05) is 19.2 Å². The van der Waals surface area contributed by atoms with Gasteiger partial charge in [-0.25, -0.2) is 0 Å². The summed E-state index contributed by atoms with van der Waals surface area (Å²) in [5.74, 6) is 0.900. The Kier molecular flexibility index (Phi) is 2.04. The number of nitrogens with zero attached hydrogens (tertiary/aromatic N) is 1. The van der Waals surface area contributed by atoms with Crippen LogP contribution in [0.1, 0.15) is 11.1 Å². The highest BCUT2D eigenvalue weighted by Crippen LogP contribution is 2.28. The average Bonchev–Trinajstić information content (AvgIpc) is 2.42. The molecular weight excluding hydrogens is 182 g/mol. The van der Waals surface area contributed by atoms with Gasteiger partial charge in [-0.3, -0.25) is 4.79 Å². The molecule has 1 heterocycles. The van der Waals surface area contributed by atoms with Crippen LogP contribution >= 0.6 is 12.6 Å². The first-order valence-electron chi connectivity index (χ1n) is 4.21. The molecule has 0 radical (unpaired) electrons. The van der Waals surface area contributed by atoms with Crippen molar-refractivity contribution in [1.29, 1.82) is 0 Å². The molecule has 2 rings (SSSR count). The first-order valence-corrected chi connectivity index (χ1v) is 4.85. The fourth-order valence-electron chi connectivity index (χ4n) is 1.62. The van der Waals surface area contributed by atoms with Crippen molar-refractivity contribution in [2.24, 2.45) is 0 Å². The minimum atomic E-state index is 0.173. The number of carbonyl (C=O) groups is 1. The molecule has 0 saturated carbocycles. The Labute approximate surface area is 83.0 Å². The third-order valence-corrected chi connectivity index (χ3v) is 2.77. The molecule has 1 aromatic rings. The number of carbonyl (C=O) groups excluding carboxylic acids is 1. The first kappa shape index (κ1) is 8.63. The first-order chi connectivity index (χ1) is 6.22. The maximum Gasteiger partial charge on any atom is 0.231 e. The maximum absolute atomic E-state index is 11.3. The molecule has 1 aliphatic heterocycles. The highest BCUT2D eigenvalue weighted by atomic mass is 32.1. The Bertz CT molecular complexity index is 362. The summed E-state index contributed by atoms with van der Waals surface area (Å²) in [6.07, 6.45) is 0.535. The predicted molar refractivity (Wildman–Crippen MR) is 56.2 cm³/mol. The van der Waals surface area contributed by atoms with Crippen molar-refractivity contribution < 1.29 is 4.79 Å². The van der Waals surface area contributed by atoms with Crippen molar-refractivity contribution in [1.82, 2.24) is 0 Å². The molecule has 1 amide bonds. The van der Waals surface area contributed by atoms with E-state index in [4.69, 9.17) is 0 Å². The summed E-state index contributed by atoms with van der Waals surface area (Å²) in [6.45, 7) is 0. The number of likely N-dealkylation sites (N-methyl/N-ethyl adjacent to an activating group) is 1. The smallest absolute Gasteiger partial charge is 0.231 e. The topological polar surface area (TPSA) is 20.3 Å². The fraction of sp³-hybridized carbons (Fsp3) is 0.300. The van der Waals surface area contributed by atoms with Crippen LogP contribution in [0.3, 0.4) is 0 Å². The van der Waals surface area contributed by atoms with E-state index in [1.165, 1.54) is 5.56 Å². The van der Waals surface area contributed by atoms with E-state index in [1.54, 1.807) is 4.90 Å². The van der Waals surface area contributed by atoms with Crippen LogP contribution in [0.2, 0.25) is 0 Å². The van der Waals surface area contributed by atoms with Gasteiger partial charge in [0.2, 0.25) is 5.91 Å². The predicted octanol–water partition coefficient (Wildman–Crippen LogP) is 1.64. The average molecular weight is 193 g/mol. The van der Waals surface area contributed by atoms with Crippen LogP contribution in [0.4, 0.5) is 5.69 Å². The molecule has 0 spiro atoms. The summed E-state index contributed by atoms with van der Waals surface area (Å²) in [7, 11) is 1.81. The summed E-state index contributed by atoms with van der Waals surface area (Å²) in [5, 5.41) is 0. The van der Waals surface area contributed by atoms with Crippen molar-refractivity contribution in [2.45, 2.75) is 12.2 Å². The van der Waals surface area contributed by atoms with Crippen LogP contribution in [0.25, 0.3) is 0 Å². The molecular formula is C10H11NOS. The van der Waals surface area contributed by atoms with E-state index in [2.05, 4.69) is 18.7 Å². The van der Waals surface area contributed by atoms with E-state index in [-0.39, 0.29) is 5.91 Å². The van der Waals surface area contributed by atoms with Gasteiger partial charge in [-0.15, -0.1) is 0 Å². The number of anilines is 1. The van der Waals surface area contributed by atoms with E-state index < -0.39 is 0 Å². The number of thiol groups is 1. The highest BCUT2D eigenvalue weighted by Gasteiger charge is 2.23. The molecule has 0 aliphatic carbocycles.